The molecule has 3 nitrogen and oxygen atoms in total. The summed E-state index contributed by atoms with van der Waals surface area (Å²) >= 11 is 0. The van der Waals surface area contributed by atoms with Gasteiger partial charge in [0.05, 0.1) is 12.6 Å². The highest BCUT2D eigenvalue weighted by atomic mass is 16.6. The lowest BCUT2D eigenvalue weighted by Crippen LogP contribution is -2.53. The molecule has 1 aliphatic rings. The van der Waals surface area contributed by atoms with Crippen molar-refractivity contribution >= 4 is 0 Å². The molecule has 1 aliphatic heterocycles. The molecule has 1 fully saturated rings. The van der Waals surface area contributed by atoms with E-state index in [1.807, 2.05) is 6.92 Å². The summed E-state index contributed by atoms with van der Waals surface area (Å²) in [5, 5.41) is 9.68. The van der Waals surface area contributed by atoms with Gasteiger partial charge in [0.2, 0.25) is 0 Å². The number of rotatable bonds is 2. The zero-order valence-corrected chi connectivity index (χ0v) is 8.21. The molecule has 3 heteroatoms. The van der Waals surface area contributed by atoms with E-state index < -0.39 is 5.79 Å². The highest BCUT2D eigenvalue weighted by Gasteiger charge is 2.32. The monoisotopic (exact) mass is 173 g/mol. The fourth-order valence-corrected chi connectivity index (χ4v) is 1.84. The molecule has 0 aromatic heterocycles. The van der Waals surface area contributed by atoms with E-state index >= 15 is 0 Å². The second-order valence-corrected chi connectivity index (χ2v) is 3.84. The van der Waals surface area contributed by atoms with Crippen molar-refractivity contribution in [2.45, 2.75) is 39.1 Å². The van der Waals surface area contributed by atoms with Crippen LogP contribution in [-0.2, 0) is 4.74 Å². The SMILES string of the molecule is CCCN1CC(C)OC(C)(O)C1. The summed E-state index contributed by atoms with van der Waals surface area (Å²) < 4.78 is 5.36. The van der Waals surface area contributed by atoms with Crippen molar-refractivity contribution in [3.8, 4) is 0 Å². The standard InChI is InChI=1S/C9H19NO2/c1-4-5-10-6-8(2)12-9(3,11)7-10/h8,11H,4-7H2,1-3H3. The summed E-state index contributed by atoms with van der Waals surface area (Å²) in [4.78, 5) is 2.24. The molecule has 0 amide bonds. The molecule has 0 aromatic carbocycles. The quantitative estimate of drug-likeness (QED) is 0.671. The van der Waals surface area contributed by atoms with Crippen LogP contribution in [0.1, 0.15) is 27.2 Å². The maximum absolute atomic E-state index is 9.68. The lowest BCUT2D eigenvalue weighted by Gasteiger charge is -2.40. The molecule has 0 radical (unpaired) electrons. The average Bonchev–Trinajstić information content (AvgIpc) is 1.82. The fraction of sp³-hybridized carbons (Fsp3) is 1.00. The Bertz CT molecular complexity index is 147. The summed E-state index contributed by atoms with van der Waals surface area (Å²) in [6.45, 7) is 8.48. The minimum Gasteiger partial charge on any atom is -0.365 e. The van der Waals surface area contributed by atoms with Crippen LogP contribution in [-0.4, -0.2) is 41.5 Å². The Morgan fingerprint density at radius 3 is 2.83 bits per heavy atom. The van der Waals surface area contributed by atoms with Crippen LogP contribution < -0.4 is 0 Å². The van der Waals surface area contributed by atoms with Gasteiger partial charge in [-0.25, -0.2) is 0 Å². The predicted octanol–water partition coefficient (Wildman–Crippen LogP) is 0.826. The third-order valence-corrected chi connectivity index (χ3v) is 2.03. The van der Waals surface area contributed by atoms with Crippen molar-refractivity contribution in [2.75, 3.05) is 19.6 Å². The van der Waals surface area contributed by atoms with Gasteiger partial charge in [-0.15, -0.1) is 0 Å². The molecule has 1 N–H and O–H groups in total. The molecule has 2 unspecified atom stereocenters. The Morgan fingerprint density at radius 2 is 2.33 bits per heavy atom. The zero-order chi connectivity index (χ0) is 9.19. The minimum atomic E-state index is -0.952. The van der Waals surface area contributed by atoms with E-state index in [1.165, 1.54) is 0 Å². The number of morpholine rings is 1. The van der Waals surface area contributed by atoms with E-state index in [4.69, 9.17) is 4.74 Å². The minimum absolute atomic E-state index is 0.139. The van der Waals surface area contributed by atoms with Crippen LogP contribution in [0.5, 0.6) is 0 Å². The molecule has 0 aliphatic carbocycles. The molecule has 0 bridgehead atoms. The topological polar surface area (TPSA) is 32.7 Å². The molecule has 2 atom stereocenters. The fourth-order valence-electron chi connectivity index (χ4n) is 1.84. The second-order valence-electron chi connectivity index (χ2n) is 3.84. The molecule has 12 heavy (non-hydrogen) atoms. The molecule has 72 valence electrons. The van der Waals surface area contributed by atoms with Crippen LogP contribution in [0.4, 0.5) is 0 Å². The lowest BCUT2D eigenvalue weighted by molar-refractivity contribution is -0.252. The Balaban J connectivity index is 2.46. The first-order chi connectivity index (χ1) is 5.53. The van der Waals surface area contributed by atoms with Crippen molar-refractivity contribution in [1.82, 2.24) is 4.90 Å². The third-order valence-electron chi connectivity index (χ3n) is 2.03. The molecule has 1 heterocycles. The van der Waals surface area contributed by atoms with Crippen molar-refractivity contribution in [2.24, 2.45) is 0 Å². The number of hydrogen-bond donors (Lipinski definition) is 1. The smallest absolute Gasteiger partial charge is 0.175 e. The molecule has 0 saturated carbocycles. The van der Waals surface area contributed by atoms with Crippen LogP contribution in [0.3, 0.4) is 0 Å². The van der Waals surface area contributed by atoms with Gasteiger partial charge in [0, 0.05) is 6.54 Å². The lowest BCUT2D eigenvalue weighted by atomic mass is 10.2. The second kappa shape index (κ2) is 3.73. The van der Waals surface area contributed by atoms with E-state index in [0.29, 0.717) is 6.54 Å². The Morgan fingerprint density at radius 1 is 1.67 bits per heavy atom. The van der Waals surface area contributed by atoms with Crippen LogP contribution in [0.15, 0.2) is 0 Å². The number of aliphatic hydroxyl groups is 1. The van der Waals surface area contributed by atoms with Gasteiger partial charge in [0.15, 0.2) is 5.79 Å². The Kier molecular flexibility index (Phi) is 3.09. The van der Waals surface area contributed by atoms with E-state index in [-0.39, 0.29) is 6.10 Å². The normalized spacial score (nSPS) is 38.5. The van der Waals surface area contributed by atoms with Crippen molar-refractivity contribution in [3.63, 3.8) is 0 Å². The van der Waals surface area contributed by atoms with E-state index in [9.17, 15) is 5.11 Å². The number of nitrogens with zero attached hydrogens (tertiary/aromatic N) is 1. The van der Waals surface area contributed by atoms with Crippen molar-refractivity contribution in [1.29, 1.82) is 0 Å². The molecule has 0 spiro atoms. The molecule has 0 aromatic rings. The van der Waals surface area contributed by atoms with Crippen LogP contribution >= 0.6 is 0 Å². The number of β-amino-alcohol motifs (C(OH)–C–C–N with tert-alkyl or cyclic N) is 1. The highest BCUT2D eigenvalue weighted by Crippen LogP contribution is 2.18. The van der Waals surface area contributed by atoms with Gasteiger partial charge in [-0.05, 0) is 26.8 Å². The van der Waals surface area contributed by atoms with Gasteiger partial charge < -0.3 is 9.84 Å². The van der Waals surface area contributed by atoms with Gasteiger partial charge in [-0.2, -0.15) is 0 Å². The summed E-state index contributed by atoms with van der Waals surface area (Å²) in [6.07, 6.45) is 1.27. The number of hydrogen-bond acceptors (Lipinski definition) is 3. The van der Waals surface area contributed by atoms with Crippen LogP contribution in [0, 0.1) is 0 Å². The van der Waals surface area contributed by atoms with Crippen LogP contribution in [0.2, 0.25) is 0 Å². The third kappa shape index (κ3) is 2.73. The van der Waals surface area contributed by atoms with Crippen LogP contribution in [0.25, 0.3) is 0 Å². The van der Waals surface area contributed by atoms with E-state index in [2.05, 4.69) is 11.8 Å². The Labute approximate surface area is 74.3 Å². The molecule has 1 rings (SSSR count). The van der Waals surface area contributed by atoms with E-state index in [0.717, 1.165) is 19.5 Å². The van der Waals surface area contributed by atoms with Crippen molar-refractivity contribution < 1.29 is 9.84 Å². The first kappa shape index (κ1) is 9.96. The first-order valence-corrected chi connectivity index (χ1v) is 4.66. The summed E-state index contributed by atoms with van der Waals surface area (Å²) in [5.41, 5.74) is 0. The largest absolute Gasteiger partial charge is 0.365 e. The maximum Gasteiger partial charge on any atom is 0.175 e. The van der Waals surface area contributed by atoms with E-state index in [1.54, 1.807) is 6.92 Å². The summed E-state index contributed by atoms with van der Waals surface area (Å²) in [5.74, 6) is -0.952. The van der Waals surface area contributed by atoms with Gasteiger partial charge >= 0.3 is 0 Å². The number of ether oxygens (including phenoxy) is 1. The highest BCUT2D eigenvalue weighted by molar-refractivity contribution is 4.77. The zero-order valence-electron chi connectivity index (χ0n) is 8.21. The summed E-state index contributed by atoms with van der Waals surface area (Å²) in [7, 11) is 0. The molecular formula is C9H19NO2. The van der Waals surface area contributed by atoms with Gasteiger partial charge in [0.25, 0.3) is 0 Å². The summed E-state index contributed by atoms with van der Waals surface area (Å²) in [6, 6.07) is 0. The molecule has 1 saturated heterocycles. The predicted molar refractivity (Wildman–Crippen MR) is 47.9 cm³/mol. The van der Waals surface area contributed by atoms with Gasteiger partial charge in [0.1, 0.15) is 0 Å². The first-order valence-electron chi connectivity index (χ1n) is 4.66. The average molecular weight is 173 g/mol. The van der Waals surface area contributed by atoms with Crippen molar-refractivity contribution in [3.05, 3.63) is 0 Å². The van der Waals surface area contributed by atoms with Gasteiger partial charge in [-0.1, -0.05) is 6.92 Å². The maximum atomic E-state index is 9.68. The molecular weight excluding hydrogens is 154 g/mol. The van der Waals surface area contributed by atoms with Gasteiger partial charge in [-0.3, -0.25) is 4.90 Å². The Hall–Kier alpha value is -0.120.